The maximum Gasteiger partial charge on any atom is 0.0550 e. The zero-order valence-corrected chi connectivity index (χ0v) is 6.09. The van der Waals surface area contributed by atoms with E-state index in [4.69, 9.17) is 0 Å². The van der Waals surface area contributed by atoms with Gasteiger partial charge in [-0.1, -0.05) is 19.6 Å². The molecule has 9 heavy (non-hydrogen) atoms. The van der Waals surface area contributed by atoms with Crippen molar-refractivity contribution in [1.29, 1.82) is 0 Å². The highest BCUT2D eigenvalue weighted by Gasteiger charge is 1.75. The molecule has 50 valence electrons. The number of aliphatic imine (C=N–C) groups is 1. The average Bonchev–Trinajstić information content (AvgIpc) is 1.85. The van der Waals surface area contributed by atoms with Crippen LogP contribution in [-0.4, -0.2) is 6.21 Å². The Balaban J connectivity index is 3.63. The summed E-state index contributed by atoms with van der Waals surface area (Å²) < 4.78 is 0. The molecule has 0 aromatic rings. The van der Waals surface area contributed by atoms with Gasteiger partial charge in [-0.05, 0) is 19.4 Å². The van der Waals surface area contributed by atoms with Gasteiger partial charge in [0.2, 0.25) is 0 Å². The van der Waals surface area contributed by atoms with Crippen molar-refractivity contribution < 1.29 is 0 Å². The second-order valence-electron chi connectivity index (χ2n) is 1.71. The lowest BCUT2D eigenvalue weighted by Crippen LogP contribution is -1.70. The molecule has 0 N–H and O–H groups in total. The van der Waals surface area contributed by atoms with Crippen molar-refractivity contribution in [2.45, 2.75) is 20.3 Å². The quantitative estimate of drug-likeness (QED) is 0.404. The molecule has 0 aliphatic carbocycles. The summed E-state index contributed by atoms with van der Waals surface area (Å²) in [6.07, 6.45) is 6.63. The molecule has 0 aromatic carbocycles. The van der Waals surface area contributed by atoms with Gasteiger partial charge in [-0.2, -0.15) is 0 Å². The van der Waals surface area contributed by atoms with Crippen LogP contribution in [0.5, 0.6) is 0 Å². The van der Waals surface area contributed by atoms with Crippen LogP contribution in [0, 0.1) is 0 Å². The van der Waals surface area contributed by atoms with Gasteiger partial charge < -0.3 is 0 Å². The lowest BCUT2D eigenvalue weighted by atomic mass is 10.4. The van der Waals surface area contributed by atoms with Crippen molar-refractivity contribution in [2.24, 2.45) is 4.99 Å². The van der Waals surface area contributed by atoms with Crippen molar-refractivity contribution in [2.75, 3.05) is 0 Å². The van der Waals surface area contributed by atoms with Gasteiger partial charge in [0.1, 0.15) is 0 Å². The van der Waals surface area contributed by atoms with Crippen molar-refractivity contribution >= 4 is 6.21 Å². The van der Waals surface area contributed by atoms with Crippen LogP contribution in [-0.2, 0) is 0 Å². The fourth-order valence-corrected chi connectivity index (χ4v) is 0.444. The van der Waals surface area contributed by atoms with Gasteiger partial charge in [-0.15, -0.1) is 0 Å². The first-order valence-electron chi connectivity index (χ1n) is 3.15. The summed E-state index contributed by atoms with van der Waals surface area (Å²) in [5.74, 6) is 0. The van der Waals surface area contributed by atoms with Crippen molar-refractivity contribution in [3.05, 3.63) is 24.4 Å². The molecule has 0 heterocycles. The van der Waals surface area contributed by atoms with Crippen molar-refractivity contribution in [1.82, 2.24) is 0 Å². The van der Waals surface area contributed by atoms with Crippen LogP contribution < -0.4 is 0 Å². The Morgan fingerprint density at radius 1 is 1.67 bits per heavy atom. The van der Waals surface area contributed by atoms with E-state index in [9.17, 15) is 0 Å². The second kappa shape index (κ2) is 5.29. The van der Waals surface area contributed by atoms with Crippen LogP contribution in [0.2, 0.25) is 0 Å². The minimum absolute atomic E-state index is 0.819. The van der Waals surface area contributed by atoms with Gasteiger partial charge in [0.15, 0.2) is 0 Å². The van der Waals surface area contributed by atoms with E-state index in [-0.39, 0.29) is 0 Å². The molecule has 0 aromatic heterocycles. The Hall–Kier alpha value is -0.850. The molecule has 1 heteroatoms. The third-order valence-corrected chi connectivity index (χ3v) is 0.799. The third kappa shape index (κ3) is 5.01. The maximum absolute atomic E-state index is 4.03. The van der Waals surface area contributed by atoms with Crippen molar-refractivity contribution in [3.63, 3.8) is 0 Å². The molecular formula is C8H13N. The second-order valence-corrected chi connectivity index (χ2v) is 1.71. The van der Waals surface area contributed by atoms with E-state index < -0.39 is 0 Å². The minimum atomic E-state index is 0.819. The van der Waals surface area contributed by atoms with E-state index in [1.165, 1.54) is 0 Å². The maximum atomic E-state index is 4.03. The van der Waals surface area contributed by atoms with Gasteiger partial charge in [-0.3, -0.25) is 4.99 Å². The highest BCUT2D eigenvalue weighted by Crippen LogP contribution is 1.92. The van der Waals surface area contributed by atoms with Crippen LogP contribution in [0.15, 0.2) is 29.4 Å². The van der Waals surface area contributed by atoms with Crippen LogP contribution in [0.1, 0.15) is 20.3 Å². The van der Waals surface area contributed by atoms with Crippen molar-refractivity contribution in [3.8, 4) is 0 Å². The molecule has 0 amide bonds. The van der Waals surface area contributed by atoms with E-state index in [1.807, 2.05) is 32.2 Å². The topological polar surface area (TPSA) is 12.4 Å². The van der Waals surface area contributed by atoms with E-state index in [0.29, 0.717) is 0 Å². The Kier molecular flexibility index (Phi) is 4.79. The van der Waals surface area contributed by atoms with Gasteiger partial charge >= 0.3 is 0 Å². The average molecular weight is 123 g/mol. The Morgan fingerprint density at radius 2 is 2.33 bits per heavy atom. The monoisotopic (exact) mass is 123 g/mol. The third-order valence-electron chi connectivity index (χ3n) is 0.799. The Bertz CT molecular complexity index is 132. The number of rotatable bonds is 3. The van der Waals surface area contributed by atoms with E-state index in [1.54, 1.807) is 0 Å². The highest BCUT2D eigenvalue weighted by molar-refractivity contribution is 5.58. The fraction of sp³-hybridized carbons (Fsp3) is 0.375. The first kappa shape index (κ1) is 8.15. The molecule has 0 unspecified atom stereocenters. The number of hydrogen-bond acceptors (Lipinski definition) is 1. The predicted octanol–water partition coefficient (Wildman–Crippen LogP) is 2.56. The molecule has 0 aliphatic heterocycles. The molecule has 0 saturated heterocycles. The molecule has 0 bridgehead atoms. The number of hydrogen-bond donors (Lipinski definition) is 0. The normalized spacial score (nSPS) is 11.3. The van der Waals surface area contributed by atoms with E-state index >= 15 is 0 Å². The van der Waals surface area contributed by atoms with Crippen LogP contribution in [0.25, 0.3) is 0 Å². The number of nitrogens with zero attached hydrogens (tertiary/aromatic N) is 1. The molecule has 0 fully saturated rings. The molecule has 0 radical (unpaired) electrons. The van der Waals surface area contributed by atoms with Crippen LogP contribution in [0.4, 0.5) is 0 Å². The lowest BCUT2D eigenvalue weighted by Gasteiger charge is -1.84. The summed E-state index contributed by atoms with van der Waals surface area (Å²) in [6, 6.07) is 0. The number of allylic oxidation sites excluding steroid dienone is 2. The molecule has 0 atom stereocenters. The van der Waals surface area contributed by atoms with E-state index in [0.717, 1.165) is 12.1 Å². The highest BCUT2D eigenvalue weighted by atomic mass is 14.7. The standard InChI is InChI=1S/C8H13N/c1-4-6-8(3)9-7-5-2/h4,6-7H,3,5H2,1-2H3. The smallest absolute Gasteiger partial charge is 0.0550 e. The minimum Gasteiger partial charge on any atom is -0.262 e. The van der Waals surface area contributed by atoms with Gasteiger partial charge in [0.05, 0.1) is 5.70 Å². The molecule has 0 aliphatic rings. The zero-order chi connectivity index (χ0) is 7.11. The molecule has 0 rings (SSSR count). The summed E-state index contributed by atoms with van der Waals surface area (Å²) in [5, 5.41) is 0. The SMILES string of the molecule is C=C(C=CC)N=CCC. The lowest BCUT2D eigenvalue weighted by molar-refractivity contribution is 1.29. The summed E-state index contributed by atoms with van der Waals surface area (Å²) in [4.78, 5) is 4.03. The van der Waals surface area contributed by atoms with Gasteiger partial charge in [0.25, 0.3) is 0 Å². The van der Waals surface area contributed by atoms with Crippen LogP contribution >= 0.6 is 0 Å². The summed E-state index contributed by atoms with van der Waals surface area (Å²) in [6.45, 7) is 7.70. The molecule has 0 spiro atoms. The molecular weight excluding hydrogens is 110 g/mol. The fourth-order valence-electron chi connectivity index (χ4n) is 0.444. The first-order chi connectivity index (χ1) is 4.31. The zero-order valence-electron chi connectivity index (χ0n) is 6.09. The van der Waals surface area contributed by atoms with Gasteiger partial charge in [0, 0.05) is 6.21 Å². The molecule has 0 saturated carbocycles. The van der Waals surface area contributed by atoms with Crippen LogP contribution in [0.3, 0.4) is 0 Å². The largest absolute Gasteiger partial charge is 0.262 e. The summed E-state index contributed by atoms with van der Waals surface area (Å²) >= 11 is 0. The predicted molar refractivity (Wildman–Crippen MR) is 42.7 cm³/mol. The van der Waals surface area contributed by atoms with E-state index in [2.05, 4.69) is 11.6 Å². The Morgan fingerprint density at radius 3 is 2.78 bits per heavy atom. The first-order valence-corrected chi connectivity index (χ1v) is 3.15. The van der Waals surface area contributed by atoms with Gasteiger partial charge in [-0.25, -0.2) is 0 Å². The summed E-state index contributed by atoms with van der Waals surface area (Å²) in [7, 11) is 0. The Labute approximate surface area is 56.8 Å². The molecule has 1 nitrogen and oxygen atoms in total. The summed E-state index contributed by atoms with van der Waals surface area (Å²) in [5.41, 5.74) is 0.819.